The smallest absolute Gasteiger partial charge is 0.299 e. The van der Waals surface area contributed by atoms with Crippen LogP contribution in [0.3, 0.4) is 0 Å². The van der Waals surface area contributed by atoms with E-state index in [-0.39, 0.29) is 12.1 Å². The molecule has 0 amide bonds. The van der Waals surface area contributed by atoms with Gasteiger partial charge in [0.15, 0.2) is 0 Å². The molecule has 2 atom stereocenters. The molecule has 0 heterocycles. The lowest BCUT2D eigenvalue weighted by molar-refractivity contribution is 0.307. The molecule has 0 radical (unpaired) electrons. The van der Waals surface area contributed by atoms with Gasteiger partial charge in [0.05, 0.1) is 0 Å². The molecule has 0 bridgehead atoms. The third-order valence-electron chi connectivity index (χ3n) is 4.70. The second-order valence-electron chi connectivity index (χ2n) is 6.27. The van der Waals surface area contributed by atoms with Crippen molar-refractivity contribution < 1.29 is 0 Å². The van der Waals surface area contributed by atoms with E-state index in [1.807, 2.05) is 0 Å². The van der Waals surface area contributed by atoms with Crippen LogP contribution in [0, 0.1) is 19.1 Å². The molecule has 2 unspecified atom stereocenters. The standard InChI is InChI=1S/C18H30N2/c1-4-5-6-7-8-12-15-17(19-2)18(20-3)16-13-10-9-11-14-16/h16-18H,4-15H2,1H3. The zero-order valence-electron chi connectivity index (χ0n) is 13.1. The van der Waals surface area contributed by atoms with Crippen LogP contribution in [0.2, 0.25) is 0 Å². The van der Waals surface area contributed by atoms with Gasteiger partial charge in [-0.3, -0.25) is 0 Å². The molecule has 2 heteroatoms. The Morgan fingerprint density at radius 2 is 1.55 bits per heavy atom. The number of rotatable bonds is 9. The summed E-state index contributed by atoms with van der Waals surface area (Å²) in [6.07, 6.45) is 14.8. The van der Waals surface area contributed by atoms with Gasteiger partial charge in [0, 0.05) is 12.3 Å². The molecular formula is C18H30N2. The molecular weight excluding hydrogens is 244 g/mol. The lowest BCUT2D eigenvalue weighted by Crippen LogP contribution is -2.30. The third-order valence-corrected chi connectivity index (χ3v) is 4.70. The molecule has 1 rings (SSSR count). The summed E-state index contributed by atoms with van der Waals surface area (Å²) in [6, 6.07) is -0.0646. The number of hydrogen-bond donors (Lipinski definition) is 0. The van der Waals surface area contributed by atoms with E-state index in [0.717, 1.165) is 12.8 Å². The molecule has 1 aliphatic carbocycles. The fourth-order valence-electron chi connectivity index (χ4n) is 3.43. The number of unbranched alkanes of at least 4 members (excludes halogenated alkanes) is 5. The van der Waals surface area contributed by atoms with Crippen LogP contribution >= 0.6 is 0 Å². The average molecular weight is 274 g/mol. The van der Waals surface area contributed by atoms with Crippen molar-refractivity contribution in [2.45, 2.75) is 96.1 Å². The zero-order chi connectivity index (χ0) is 14.6. The van der Waals surface area contributed by atoms with Gasteiger partial charge in [-0.25, -0.2) is 13.1 Å². The first kappa shape index (κ1) is 17.0. The first-order valence-corrected chi connectivity index (χ1v) is 8.56. The van der Waals surface area contributed by atoms with Gasteiger partial charge in [0.2, 0.25) is 0 Å². The molecule has 112 valence electrons. The second-order valence-corrected chi connectivity index (χ2v) is 6.27. The van der Waals surface area contributed by atoms with Gasteiger partial charge in [-0.1, -0.05) is 58.3 Å². The topological polar surface area (TPSA) is 8.72 Å². The van der Waals surface area contributed by atoms with Crippen LogP contribution < -0.4 is 0 Å². The fraction of sp³-hybridized carbons (Fsp3) is 0.889. The summed E-state index contributed by atoms with van der Waals surface area (Å²) >= 11 is 0. The molecule has 20 heavy (non-hydrogen) atoms. The number of nitrogens with zero attached hydrogens (tertiary/aromatic N) is 2. The quantitative estimate of drug-likeness (QED) is 0.366. The molecule has 0 aromatic rings. The molecule has 0 saturated heterocycles. The maximum absolute atomic E-state index is 7.48. The van der Waals surface area contributed by atoms with Crippen molar-refractivity contribution in [2.75, 3.05) is 0 Å². The van der Waals surface area contributed by atoms with Gasteiger partial charge in [-0.2, -0.15) is 0 Å². The molecule has 2 nitrogen and oxygen atoms in total. The Kier molecular flexibility index (Phi) is 9.14. The van der Waals surface area contributed by atoms with Gasteiger partial charge >= 0.3 is 0 Å². The molecule has 1 saturated carbocycles. The van der Waals surface area contributed by atoms with Crippen molar-refractivity contribution >= 4 is 0 Å². The van der Waals surface area contributed by atoms with Crippen LogP contribution in [0.1, 0.15) is 84.0 Å². The largest absolute Gasteiger partial charge is 0.305 e. The Morgan fingerprint density at radius 3 is 2.15 bits per heavy atom. The minimum Gasteiger partial charge on any atom is -0.305 e. The van der Waals surface area contributed by atoms with Crippen LogP contribution in [-0.4, -0.2) is 12.1 Å². The van der Waals surface area contributed by atoms with Crippen molar-refractivity contribution in [1.29, 1.82) is 0 Å². The van der Waals surface area contributed by atoms with E-state index in [1.165, 1.54) is 64.2 Å². The summed E-state index contributed by atoms with van der Waals surface area (Å²) in [4.78, 5) is 7.65. The van der Waals surface area contributed by atoms with Crippen molar-refractivity contribution in [3.63, 3.8) is 0 Å². The highest BCUT2D eigenvalue weighted by Crippen LogP contribution is 2.32. The second kappa shape index (κ2) is 10.7. The Balaban J connectivity index is 2.31. The van der Waals surface area contributed by atoms with Crippen molar-refractivity contribution in [1.82, 2.24) is 0 Å². The fourth-order valence-corrected chi connectivity index (χ4v) is 3.43. The molecule has 1 fully saturated rings. The van der Waals surface area contributed by atoms with Gasteiger partial charge in [-0.15, -0.1) is 0 Å². The summed E-state index contributed by atoms with van der Waals surface area (Å²) in [5.41, 5.74) is 0. The van der Waals surface area contributed by atoms with Gasteiger partial charge in [0.1, 0.15) is 0 Å². The monoisotopic (exact) mass is 274 g/mol. The lowest BCUT2D eigenvalue weighted by Gasteiger charge is -2.23. The van der Waals surface area contributed by atoms with Crippen molar-refractivity contribution in [2.24, 2.45) is 5.92 Å². The van der Waals surface area contributed by atoms with E-state index < -0.39 is 0 Å². The highest BCUT2D eigenvalue weighted by molar-refractivity contribution is 5.01. The van der Waals surface area contributed by atoms with Gasteiger partial charge < -0.3 is 9.69 Å². The van der Waals surface area contributed by atoms with Gasteiger partial charge in [-0.05, 0) is 19.3 Å². The highest BCUT2D eigenvalue weighted by Gasteiger charge is 2.39. The Labute approximate surface area is 125 Å². The first-order chi connectivity index (χ1) is 9.83. The molecule has 0 aliphatic heterocycles. The summed E-state index contributed by atoms with van der Waals surface area (Å²) in [5, 5.41) is 0. The maximum Gasteiger partial charge on any atom is 0.299 e. The summed E-state index contributed by atoms with van der Waals surface area (Å²) in [5.74, 6) is 0.500. The summed E-state index contributed by atoms with van der Waals surface area (Å²) in [7, 11) is 0. The van der Waals surface area contributed by atoms with Crippen LogP contribution in [0.4, 0.5) is 0 Å². The summed E-state index contributed by atoms with van der Waals surface area (Å²) in [6.45, 7) is 17.2. The molecule has 0 aromatic heterocycles. The SMILES string of the molecule is [C-]#[N+]C(CCCCCCCC)C([N+]#[C-])C1CCCCC1. The Hall–Kier alpha value is -1.02. The van der Waals surface area contributed by atoms with Crippen molar-refractivity contribution in [3.05, 3.63) is 22.8 Å². The summed E-state index contributed by atoms with van der Waals surface area (Å²) < 4.78 is 0. The van der Waals surface area contributed by atoms with Crippen molar-refractivity contribution in [3.8, 4) is 0 Å². The van der Waals surface area contributed by atoms with Crippen LogP contribution in [-0.2, 0) is 0 Å². The van der Waals surface area contributed by atoms with Crippen LogP contribution in [0.5, 0.6) is 0 Å². The maximum atomic E-state index is 7.48. The number of hydrogen-bond acceptors (Lipinski definition) is 0. The highest BCUT2D eigenvalue weighted by atomic mass is 14.9. The minimum absolute atomic E-state index is 0.0246. The van der Waals surface area contributed by atoms with E-state index in [0.29, 0.717) is 5.92 Å². The van der Waals surface area contributed by atoms with E-state index >= 15 is 0 Å². The Bertz CT molecular complexity index is 317. The van der Waals surface area contributed by atoms with Crippen LogP contribution in [0.15, 0.2) is 0 Å². The predicted molar refractivity (Wildman–Crippen MR) is 85.3 cm³/mol. The molecule has 0 N–H and O–H groups in total. The molecule has 1 aliphatic rings. The molecule has 0 spiro atoms. The average Bonchev–Trinajstić information content (AvgIpc) is 2.50. The van der Waals surface area contributed by atoms with E-state index in [2.05, 4.69) is 16.6 Å². The van der Waals surface area contributed by atoms with E-state index in [9.17, 15) is 0 Å². The normalized spacial score (nSPS) is 18.9. The first-order valence-electron chi connectivity index (χ1n) is 8.56. The Morgan fingerprint density at radius 1 is 0.900 bits per heavy atom. The third kappa shape index (κ3) is 5.96. The predicted octanol–water partition coefficient (Wildman–Crippen LogP) is 5.89. The van der Waals surface area contributed by atoms with Crippen LogP contribution in [0.25, 0.3) is 9.69 Å². The molecule has 0 aromatic carbocycles. The minimum atomic E-state index is -0.0400. The zero-order valence-corrected chi connectivity index (χ0v) is 13.1. The lowest BCUT2D eigenvalue weighted by atomic mass is 9.80. The van der Waals surface area contributed by atoms with E-state index in [1.54, 1.807) is 0 Å². The van der Waals surface area contributed by atoms with E-state index in [4.69, 9.17) is 13.1 Å². The van der Waals surface area contributed by atoms with Gasteiger partial charge in [0.25, 0.3) is 12.1 Å².